The smallest absolute Gasteiger partial charge is 0.132 e. The van der Waals surface area contributed by atoms with Crippen molar-refractivity contribution in [2.24, 2.45) is 0 Å². The fourth-order valence-corrected chi connectivity index (χ4v) is 2.43. The van der Waals surface area contributed by atoms with Crippen LogP contribution in [-0.4, -0.2) is 51.0 Å². The molecule has 0 spiro atoms. The number of rotatable bonds is 5. The van der Waals surface area contributed by atoms with Crippen LogP contribution in [-0.2, 0) is 9.47 Å². The van der Waals surface area contributed by atoms with E-state index in [0.717, 1.165) is 44.5 Å². The van der Waals surface area contributed by atoms with Crippen LogP contribution in [0.25, 0.3) is 0 Å². The predicted molar refractivity (Wildman–Crippen MR) is 84.9 cm³/mol. The summed E-state index contributed by atoms with van der Waals surface area (Å²) < 4.78 is 11.8. The van der Waals surface area contributed by atoms with E-state index >= 15 is 0 Å². The standard InChI is InChI=1S/C13H20IN3O2/c1-10(18-2)9-15-12-7-11(14)8-13(16-12)17-3-5-19-6-4-17/h7-8,10H,3-6,9H2,1-2H3,(H,15,16). The minimum absolute atomic E-state index is 0.173. The molecule has 1 fully saturated rings. The van der Waals surface area contributed by atoms with Gasteiger partial charge >= 0.3 is 0 Å². The molecule has 0 saturated carbocycles. The summed E-state index contributed by atoms with van der Waals surface area (Å²) in [6.07, 6.45) is 0.173. The molecule has 1 atom stereocenters. The molecule has 1 aromatic heterocycles. The number of nitrogens with one attached hydrogen (secondary N) is 1. The first kappa shape index (κ1) is 14.8. The second-order valence-corrected chi connectivity index (χ2v) is 5.80. The van der Waals surface area contributed by atoms with Gasteiger partial charge in [-0.3, -0.25) is 0 Å². The molecule has 5 nitrogen and oxygen atoms in total. The lowest BCUT2D eigenvalue weighted by Gasteiger charge is -2.28. The van der Waals surface area contributed by atoms with Crippen molar-refractivity contribution in [1.82, 2.24) is 4.98 Å². The van der Waals surface area contributed by atoms with Crippen LogP contribution in [0.4, 0.5) is 11.6 Å². The molecule has 19 heavy (non-hydrogen) atoms. The van der Waals surface area contributed by atoms with E-state index < -0.39 is 0 Å². The quantitative estimate of drug-likeness (QED) is 0.796. The van der Waals surface area contributed by atoms with Gasteiger partial charge in [0.15, 0.2) is 0 Å². The molecule has 0 aliphatic carbocycles. The summed E-state index contributed by atoms with van der Waals surface area (Å²) in [6, 6.07) is 4.16. The number of methoxy groups -OCH3 is 1. The van der Waals surface area contributed by atoms with E-state index in [1.54, 1.807) is 7.11 Å². The number of nitrogens with zero attached hydrogens (tertiary/aromatic N) is 2. The first-order chi connectivity index (χ1) is 9.19. The van der Waals surface area contributed by atoms with Crippen molar-refractivity contribution in [2.75, 3.05) is 50.2 Å². The Labute approximate surface area is 127 Å². The molecule has 1 N–H and O–H groups in total. The molecule has 1 unspecified atom stereocenters. The Bertz CT molecular complexity index is 411. The van der Waals surface area contributed by atoms with Crippen LogP contribution >= 0.6 is 22.6 Å². The number of hydrogen-bond donors (Lipinski definition) is 1. The second-order valence-electron chi connectivity index (χ2n) is 4.56. The number of pyridine rings is 1. The molecule has 0 radical (unpaired) electrons. The van der Waals surface area contributed by atoms with E-state index in [1.807, 2.05) is 13.0 Å². The van der Waals surface area contributed by atoms with Gasteiger partial charge in [-0.1, -0.05) is 0 Å². The van der Waals surface area contributed by atoms with Gasteiger partial charge in [0.05, 0.1) is 19.3 Å². The molecule has 1 saturated heterocycles. The van der Waals surface area contributed by atoms with E-state index in [2.05, 4.69) is 43.9 Å². The third-order valence-electron chi connectivity index (χ3n) is 3.08. The lowest BCUT2D eigenvalue weighted by Crippen LogP contribution is -2.36. The Balaban J connectivity index is 2.05. The number of ether oxygens (including phenoxy) is 2. The first-order valence-corrected chi connectivity index (χ1v) is 7.54. The SMILES string of the molecule is COC(C)CNc1cc(I)cc(N2CCOCC2)n1. The fourth-order valence-electron chi connectivity index (χ4n) is 1.86. The molecular formula is C13H20IN3O2. The Morgan fingerprint density at radius 1 is 1.47 bits per heavy atom. The zero-order valence-corrected chi connectivity index (χ0v) is 13.5. The van der Waals surface area contributed by atoms with Crippen LogP contribution in [0.15, 0.2) is 12.1 Å². The highest BCUT2D eigenvalue weighted by Crippen LogP contribution is 2.20. The summed E-state index contributed by atoms with van der Waals surface area (Å²) in [6.45, 7) is 6.14. The van der Waals surface area contributed by atoms with Gasteiger partial charge in [0, 0.05) is 30.3 Å². The third-order valence-corrected chi connectivity index (χ3v) is 3.71. The van der Waals surface area contributed by atoms with Gasteiger partial charge in [-0.2, -0.15) is 0 Å². The van der Waals surface area contributed by atoms with E-state index in [0.29, 0.717) is 0 Å². The van der Waals surface area contributed by atoms with Crippen LogP contribution in [0.5, 0.6) is 0 Å². The number of halogens is 1. The van der Waals surface area contributed by atoms with Crippen molar-refractivity contribution >= 4 is 34.2 Å². The highest BCUT2D eigenvalue weighted by molar-refractivity contribution is 14.1. The summed E-state index contributed by atoms with van der Waals surface area (Å²) in [5.74, 6) is 1.92. The lowest BCUT2D eigenvalue weighted by molar-refractivity contribution is 0.122. The van der Waals surface area contributed by atoms with Gasteiger partial charge in [0.2, 0.25) is 0 Å². The molecule has 0 amide bonds. The molecule has 106 valence electrons. The highest BCUT2D eigenvalue weighted by atomic mass is 127. The Hall–Kier alpha value is -0.600. The second kappa shape index (κ2) is 7.25. The summed E-state index contributed by atoms with van der Waals surface area (Å²) in [5.41, 5.74) is 0. The van der Waals surface area contributed by atoms with Crippen molar-refractivity contribution < 1.29 is 9.47 Å². The predicted octanol–water partition coefficient (Wildman–Crippen LogP) is 1.97. The molecule has 1 aliphatic rings. The average Bonchev–Trinajstić information content (AvgIpc) is 2.45. The summed E-state index contributed by atoms with van der Waals surface area (Å²) in [7, 11) is 1.72. The van der Waals surface area contributed by atoms with Crippen molar-refractivity contribution in [3.05, 3.63) is 15.7 Å². The number of anilines is 2. The number of morpholine rings is 1. The van der Waals surface area contributed by atoms with E-state index in [4.69, 9.17) is 9.47 Å². The zero-order chi connectivity index (χ0) is 13.7. The molecule has 1 aromatic rings. The lowest BCUT2D eigenvalue weighted by atomic mass is 10.3. The van der Waals surface area contributed by atoms with E-state index in [9.17, 15) is 0 Å². The van der Waals surface area contributed by atoms with Crippen LogP contribution in [0.1, 0.15) is 6.92 Å². The van der Waals surface area contributed by atoms with Crippen molar-refractivity contribution in [1.29, 1.82) is 0 Å². The summed E-state index contributed by atoms with van der Waals surface area (Å²) in [5, 5.41) is 3.32. The van der Waals surface area contributed by atoms with E-state index in [-0.39, 0.29) is 6.10 Å². The summed E-state index contributed by atoms with van der Waals surface area (Å²) >= 11 is 2.32. The van der Waals surface area contributed by atoms with Crippen LogP contribution in [0.2, 0.25) is 0 Å². The topological polar surface area (TPSA) is 46.6 Å². The van der Waals surface area contributed by atoms with Gasteiger partial charge in [0.1, 0.15) is 11.6 Å². The monoisotopic (exact) mass is 377 g/mol. The van der Waals surface area contributed by atoms with Crippen molar-refractivity contribution in [3.8, 4) is 0 Å². The molecule has 2 rings (SSSR count). The average molecular weight is 377 g/mol. The van der Waals surface area contributed by atoms with Crippen LogP contribution < -0.4 is 10.2 Å². The molecule has 0 aromatic carbocycles. The first-order valence-electron chi connectivity index (χ1n) is 6.46. The largest absolute Gasteiger partial charge is 0.380 e. The van der Waals surface area contributed by atoms with E-state index in [1.165, 1.54) is 3.57 Å². The molecule has 1 aliphatic heterocycles. The zero-order valence-electron chi connectivity index (χ0n) is 11.4. The van der Waals surface area contributed by atoms with Gasteiger partial charge in [-0.05, 0) is 41.6 Å². The minimum atomic E-state index is 0.173. The van der Waals surface area contributed by atoms with Crippen LogP contribution in [0, 0.1) is 3.57 Å². The van der Waals surface area contributed by atoms with Crippen molar-refractivity contribution in [3.63, 3.8) is 0 Å². The maximum Gasteiger partial charge on any atom is 0.132 e. The Morgan fingerprint density at radius 3 is 2.89 bits per heavy atom. The normalized spacial score (nSPS) is 17.3. The fraction of sp³-hybridized carbons (Fsp3) is 0.615. The van der Waals surface area contributed by atoms with Gasteiger partial charge < -0.3 is 19.7 Å². The maximum atomic E-state index is 5.37. The Kier molecular flexibility index (Phi) is 5.65. The Morgan fingerprint density at radius 2 is 2.21 bits per heavy atom. The van der Waals surface area contributed by atoms with Gasteiger partial charge in [0.25, 0.3) is 0 Å². The minimum Gasteiger partial charge on any atom is -0.380 e. The molecule has 2 heterocycles. The highest BCUT2D eigenvalue weighted by Gasteiger charge is 2.13. The number of aromatic nitrogens is 1. The van der Waals surface area contributed by atoms with Gasteiger partial charge in [-0.25, -0.2) is 4.98 Å². The molecule has 0 bridgehead atoms. The summed E-state index contributed by atoms with van der Waals surface area (Å²) in [4.78, 5) is 6.92. The molecular weight excluding hydrogens is 357 g/mol. The van der Waals surface area contributed by atoms with Crippen LogP contribution in [0.3, 0.4) is 0 Å². The number of hydrogen-bond acceptors (Lipinski definition) is 5. The van der Waals surface area contributed by atoms with Gasteiger partial charge in [-0.15, -0.1) is 0 Å². The third kappa shape index (κ3) is 4.47. The maximum absolute atomic E-state index is 5.37. The molecule has 6 heteroatoms. The van der Waals surface area contributed by atoms with Crippen molar-refractivity contribution in [2.45, 2.75) is 13.0 Å².